The summed E-state index contributed by atoms with van der Waals surface area (Å²) in [5.74, 6) is 1.42. The Balaban J connectivity index is 0.000000231. The minimum Gasteiger partial charge on any atom is -0.399 e. The lowest BCUT2D eigenvalue weighted by atomic mass is 10.1. The molecule has 14 nitrogen and oxygen atoms in total. The van der Waals surface area contributed by atoms with Crippen LogP contribution in [0.5, 0.6) is 0 Å². The van der Waals surface area contributed by atoms with E-state index in [0.717, 1.165) is 74.0 Å². The predicted octanol–water partition coefficient (Wildman–Crippen LogP) is 3.47. The van der Waals surface area contributed by atoms with Crippen molar-refractivity contribution in [2.45, 2.75) is 54.6 Å². The lowest BCUT2D eigenvalue weighted by Gasteiger charge is -2.17. The molecule has 42 heavy (non-hydrogen) atoms. The van der Waals surface area contributed by atoms with Gasteiger partial charge in [-0.3, -0.25) is 10.1 Å². The van der Waals surface area contributed by atoms with E-state index in [4.69, 9.17) is 5.73 Å². The van der Waals surface area contributed by atoms with Crippen molar-refractivity contribution in [2.24, 2.45) is 0 Å². The molecule has 0 bridgehead atoms. The quantitative estimate of drug-likeness (QED) is 0.140. The van der Waals surface area contributed by atoms with Gasteiger partial charge in [-0.2, -0.15) is 0 Å². The Morgan fingerprint density at radius 3 is 1.62 bits per heavy atom. The van der Waals surface area contributed by atoms with Gasteiger partial charge in [0.25, 0.3) is 5.69 Å². The van der Waals surface area contributed by atoms with Crippen LogP contribution in [-0.2, 0) is 13.1 Å². The molecule has 0 atom stereocenters. The van der Waals surface area contributed by atoms with E-state index in [-0.39, 0.29) is 10.6 Å². The second-order valence-electron chi connectivity index (χ2n) is 9.83. The van der Waals surface area contributed by atoms with E-state index in [1.54, 1.807) is 23.7 Å². The SMILES string of the molecule is CCN(CC)CCn1nnnc1-c1ccc(N)c(C)c1.CCN(CC)CCn1nnnc1-c1ccc([N+](=O)[O-])c(C)c1. The number of tetrazole rings is 2. The van der Waals surface area contributed by atoms with Crippen molar-refractivity contribution >= 4 is 11.4 Å². The summed E-state index contributed by atoms with van der Waals surface area (Å²) in [6, 6.07) is 10.8. The third-order valence-corrected chi connectivity index (χ3v) is 7.29. The number of nitro benzene ring substituents is 1. The average Bonchev–Trinajstić information content (AvgIpc) is 3.66. The molecule has 0 unspecified atom stereocenters. The molecule has 0 aliphatic rings. The van der Waals surface area contributed by atoms with E-state index in [2.05, 4.69) is 68.5 Å². The fourth-order valence-electron chi connectivity index (χ4n) is 4.49. The lowest BCUT2D eigenvalue weighted by molar-refractivity contribution is -0.385. The molecule has 0 amide bonds. The number of nitrogens with zero attached hydrogens (tertiary/aromatic N) is 11. The van der Waals surface area contributed by atoms with E-state index in [1.807, 2.05) is 29.8 Å². The third-order valence-electron chi connectivity index (χ3n) is 7.29. The maximum atomic E-state index is 10.9. The van der Waals surface area contributed by atoms with Crippen LogP contribution in [-0.4, -0.2) is 94.4 Å². The van der Waals surface area contributed by atoms with Crippen molar-refractivity contribution in [3.8, 4) is 22.8 Å². The maximum absolute atomic E-state index is 10.9. The molecule has 4 aromatic rings. The van der Waals surface area contributed by atoms with E-state index in [9.17, 15) is 10.1 Å². The zero-order chi connectivity index (χ0) is 30.6. The van der Waals surface area contributed by atoms with Crippen LogP contribution in [0.2, 0.25) is 0 Å². The second kappa shape index (κ2) is 15.6. The van der Waals surface area contributed by atoms with Crippen molar-refractivity contribution in [3.05, 3.63) is 57.6 Å². The highest BCUT2D eigenvalue weighted by Crippen LogP contribution is 2.24. The molecule has 2 aromatic carbocycles. The van der Waals surface area contributed by atoms with Crippen LogP contribution in [0.1, 0.15) is 38.8 Å². The zero-order valence-corrected chi connectivity index (χ0v) is 25.4. The van der Waals surface area contributed by atoms with Crippen molar-refractivity contribution in [1.29, 1.82) is 0 Å². The number of aryl methyl sites for hydroxylation is 2. The van der Waals surface area contributed by atoms with Crippen LogP contribution in [0.25, 0.3) is 22.8 Å². The molecule has 0 radical (unpaired) electrons. The summed E-state index contributed by atoms with van der Waals surface area (Å²) >= 11 is 0. The summed E-state index contributed by atoms with van der Waals surface area (Å²) in [6.07, 6.45) is 0. The molecule has 2 heterocycles. The summed E-state index contributed by atoms with van der Waals surface area (Å²) in [6.45, 7) is 19.5. The Labute approximate surface area is 246 Å². The first-order valence-electron chi connectivity index (χ1n) is 14.3. The topological polar surface area (TPSA) is 163 Å². The Morgan fingerprint density at radius 2 is 1.21 bits per heavy atom. The van der Waals surface area contributed by atoms with Gasteiger partial charge >= 0.3 is 0 Å². The molecule has 0 aliphatic carbocycles. The van der Waals surface area contributed by atoms with Gasteiger partial charge in [0.15, 0.2) is 11.6 Å². The minimum absolute atomic E-state index is 0.103. The summed E-state index contributed by atoms with van der Waals surface area (Å²) in [5.41, 5.74) is 10.2. The number of benzene rings is 2. The summed E-state index contributed by atoms with van der Waals surface area (Å²) in [7, 11) is 0. The van der Waals surface area contributed by atoms with Crippen LogP contribution >= 0.6 is 0 Å². The first-order chi connectivity index (χ1) is 20.2. The molecule has 4 rings (SSSR count). The second-order valence-corrected chi connectivity index (χ2v) is 9.83. The maximum Gasteiger partial charge on any atom is 0.272 e. The number of nitrogen functional groups attached to an aromatic ring is 1. The van der Waals surface area contributed by atoms with Crippen LogP contribution in [0.3, 0.4) is 0 Å². The largest absolute Gasteiger partial charge is 0.399 e. The Morgan fingerprint density at radius 1 is 0.762 bits per heavy atom. The van der Waals surface area contributed by atoms with Gasteiger partial charge in [-0.1, -0.05) is 27.7 Å². The van der Waals surface area contributed by atoms with Crippen LogP contribution in [0.4, 0.5) is 11.4 Å². The number of aromatic nitrogens is 8. The Hall–Kier alpha value is -4.30. The molecular weight excluding hydrogens is 536 g/mol. The van der Waals surface area contributed by atoms with Crippen molar-refractivity contribution in [1.82, 2.24) is 50.2 Å². The van der Waals surface area contributed by atoms with E-state index < -0.39 is 0 Å². The molecule has 0 saturated carbocycles. The number of rotatable bonds is 13. The Kier molecular flexibility index (Phi) is 12.0. The van der Waals surface area contributed by atoms with Gasteiger partial charge < -0.3 is 15.5 Å². The zero-order valence-electron chi connectivity index (χ0n) is 25.4. The number of hydrogen-bond donors (Lipinski definition) is 1. The fraction of sp³-hybridized carbons (Fsp3) is 0.500. The monoisotopic (exact) mass is 578 g/mol. The standard InChI is InChI=1S/C14H20N6O2.C14H22N6/c1-4-18(5-2)8-9-19-14(15-16-17-19)12-6-7-13(20(21)22)11(3)10-12;1-4-19(5-2)8-9-20-14(16-17-18-20)12-6-7-13(15)11(3)10-12/h6-7,10H,4-5,8-9H2,1-3H3;6-7,10H,4-5,8-9,15H2,1-3H3. The first-order valence-corrected chi connectivity index (χ1v) is 14.3. The summed E-state index contributed by atoms with van der Waals surface area (Å²) < 4.78 is 3.59. The third kappa shape index (κ3) is 8.36. The van der Waals surface area contributed by atoms with E-state index >= 15 is 0 Å². The highest BCUT2D eigenvalue weighted by atomic mass is 16.6. The molecule has 2 aromatic heterocycles. The van der Waals surface area contributed by atoms with E-state index in [0.29, 0.717) is 17.9 Å². The normalized spacial score (nSPS) is 11.1. The smallest absolute Gasteiger partial charge is 0.272 e. The predicted molar refractivity (Wildman–Crippen MR) is 163 cm³/mol. The molecule has 226 valence electrons. The molecule has 0 fully saturated rings. The molecular formula is C28H42N12O2. The van der Waals surface area contributed by atoms with Gasteiger partial charge in [-0.05, 0) is 96.8 Å². The van der Waals surface area contributed by atoms with Gasteiger partial charge in [0.05, 0.1) is 18.0 Å². The number of hydrogen-bond acceptors (Lipinski definition) is 11. The number of anilines is 1. The van der Waals surface area contributed by atoms with Gasteiger partial charge in [-0.25, -0.2) is 9.36 Å². The van der Waals surface area contributed by atoms with Gasteiger partial charge in [0.2, 0.25) is 0 Å². The van der Waals surface area contributed by atoms with Crippen molar-refractivity contribution < 1.29 is 4.92 Å². The van der Waals surface area contributed by atoms with Gasteiger partial charge in [-0.15, -0.1) is 10.2 Å². The van der Waals surface area contributed by atoms with Crippen molar-refractivity contribution in [2.75, 3.05) is 45.0 Å². The van der Waals surface area contributed by atoms with Crippen molar-refractivity contribution in [3.63, 3.8) is 0 Å². The summed E-state index contributed by atoms with van der Waals surface area (Å²) in [4.78, 5) is 15.1. The van der Waals surface area contributed by atoms with Crippen LogP contribution < -0.4 is 5.73 Å². The van der Waals surface area contributed by atoms with E-state index in [1.165, 1.54) is 6.07 Å². The molecule has 0 aliphatic heterocycles. The number of nitro groups is 1. The Bertz CT molecular complexity index is 1430. The van der Waals surface area contributed by atoms with Crippen LogP contribution in [0, 0.1) is 24.0 Å². The minimum atomic E-state index is -0.386. The number of likely N-dealkylation sites (N-methyl/N-ethyl adjacent to an activating group) is 2. The highest BCUT2D eigenvalue weighted by molar-refractivity contribution is 5.62. The fourth-order valence-corrected chi connectivity index (χ4v) is 4.49. The number of nitrogens with two attached hydrogens (primary N) is 1. The molecule has 0 saturated heterocycles. The summed E-state index contributed by atoms with van der Waals surface area (Å²) in [5, 5.41) is 34.7. The van der Waals surface area contributed by atoms with Crippen LogP contribution in [0.15, 0.2) is 36.4 Å². The average molecular weight is 579 g/mol. The molecule has 0 spiro atoms. The van der Waals surface area contributed by atoms with Gasteiger partial charge in [0, 0.05) is 41.5 Å². The first kappa shape index (κ1) is 32.2. The molecule has 2 N–H and O–H groups in total. The highest BCUT2D eigenvalue weighted by Gasteiger charge is 2.15. The lowest BCUT2D eigenvalue weighted by Crippen LogP contribution is -2.27. The molecule has 14 heteroatoms. The van der Waals surface area contributed by atoms with Gasteiger partial charge in [0.1, 0.15) is 0 Å².